The summed E-state index contributed by atoms with van der Waals surface area (Å²) in [5.41, 5.74) is 4.76. The molecule has 0 bridgehead atoms. The van der Waals surface area contributed by atoms with Gasteiger partial charge in [0.1, 0.15) is 5.82 Å². The Morgan fingerprint density at radius 3 is 2.55 bits per heavy atom. The Kier molecular flexibility index (Phi) is 6.09. The molecule has 2 heterocycles. The number of aromatic amines is 1. The first-order valence-corrected chi connectivity index (χ1v) is 10.5. The maximum atomic E-state index is 13.4. The van der Waals surface area contributed by atoms with Crippen LogP contribution in [0.2, 0.25) is 0 Å². The van der Waals surface area contributed by atoms with Crippen molar-refractivity contribution in [3.05, 3.63) is 94.9 Å². The van der Waals surface area contributed by atoms with Crippen molar-refractivity contribution < 1.29 is 9.90 Å². The van der Waals surface area contributed by atoms with Gasteiger partial charge in [-0.25, -0.2) is 9.97 Å². The first kappa shape index (κ1) is 20.8. The van der Waals surface area contributed by atoms with E-state index in [1.165, 1.54) is 5.56 Å². The van der Waals surface area contributed by atoms with Crippen molar-refractivity contribution in [2.45, 2.75) is 32.9 Å². The van der Waals surface area contributed by atoms with Gasteiger partial charge >= 0.3 is 0 Å². The van der Waals surface area contributed by atoms with Gasteiger partial charge in [0.2, 0.25) is 0 Å². The Morgan fingerprint density at radius 1 is 1.10 bits per heavy atom. The van der Waals surface area contributed by atoms with Gasteiger partial charge in [-0.1, -0.05) is 61.5 Å². The number of aryl methyl sites for hydroxylation is 2. The van der Waals surface area contributed by atoms with Gasteiger partial charge < -0.3 is 15.0 Å². The molecule has 2 N–H and O–H groups in total. The number of hydrogen-bond donors (Lipinski definition) is 2. The Bertz CT molecular complexity index is 1170. The predicted octanol–water partition coefficient (Wildman–Crippen LogP) is 4.20. The minimum atomic E-state index is -0.787. The summed E-state index contributed by atoms with van der Waals surface area (Å²) in [7, 11) is 0. The topological polar surface area (TPSA) is 82.1 Å². The van der Waals surface area contributed by atoms with Gasteiger partial charge in [0.05, 0.1) is 23.7 Å². The van der Waals surface area contributed by atoms with E-state index in [0.717, 1.165) is 28.9 Å². The number of amides is 1. The number of H-pyrrole nitrogens is 1. The number of fused-ring (bicyclic) bond motifs is 1. The van der Waals surface area contributed by atoms with Crippen LogP contribution in [0.5, 0.6) is 0 Å². The van der Waals surface area contributed by atoms with Crippen LogP contribution in [-0.2, 0) is 13.0 Å². The highest BCUT2D eigenvalue weighted by atomic mass is 16.3. The summed E-state index contributed by atoms with van der Waals surface area (Å²) in [6.45, 7) is 4.52. The smallest absolute Gasteiger partial charge is 0.255 e. The second-order valence-corrected chi connectivity index (χ2v) is 7.70. The fourth-order valence-electron chi connectivity index (χ4n) is 3.63. The van der Waals surface area contributed by atoms with E-state index in [9.17, 15) is 9.90 Å². The van der Waals surface area contributed by atoms with E-state index >= 15 is 0 Å². The van der Waals surface area contributed by atoms with Crippen LogP contribution in [0.15, 0.2) is 66.9 Å². The van der Waals surface area contributed by atoms with Crippen LogP contribution in [0.25, 0.3) is 11.2 Å². The molecule has 6 nitrogen and oxygen atoms in total. The molecule has 6 heteroatoms. The lowest BCUT2D eigenvalue weighted by molar-refractivity contribution is 0.0603. The van der Waals surface area contributed by atoms with Crippen LogP contribution >= 0.6 is 0 Å². The largest absolute Gasteiger partial charge is 0.387 e. The van der Waals surface area contributed by atoms with Gasteiger partial charge in [-0.3, -0.25) is 4.79 Å². The highest BCUT2D eigenvalue weighted by molar-refractivity contribution is 5.96. The SMILES string of the molecule is CCc1ccc(C(O)CN(Cc2ccccc2)C(=O)c2cnc3nc(C)[nH]c3c2)cc1. The van der Waals surface area contributed by atoms with Crippen LogP contribution in [-0.4, -0.2) is 37.4 Å². The molecule has 31 heavy (non-hydrogen) atoms. The van der Waals surface area contributed by atoms with E-state index in [-0.39, 0.29) is 12.5 Å². The molecular formula is C25H26N4O2. The summed E-state index contributed by atoms with van der Waals surface area (Å²) < 4.78 is 0. The molecule has 0 radical (unpaired) electrons. The maximum absolute atomic E-state index is 13.4. The number of aromatic nitrogens is 3. The van der Waals surface area contributed by atoms with Crippen molar-refractivity contribution in [2.24, 2.45) is 0 Å². The van der Waals surface area contributed by atoms with Crippen LogP contribution in [0.3, 0.4) is 0 Å². The molecule has 0 saturated heterocycles. The number of aliphatic hydroxyl groups excluding tert-OH is 1. The zero-order chi connectivity index (χ0) is 21.8. The molecule has 1 atom stereocenters. The van der Waals surface area contributed by atoms with Crippen molar-refractivity contribution in [1.82, 2.24) is 19.9 Å². The summed E-state index contributed by atoms with van der Waals surface area (Å²) in [5.74, 6) is 0.564. The van der Waals surface area contributed by atoms with E-state index in [1.807, 2.05) is 61.5 Å². The number of nitrogens with zero attached hydrogens (tertiary/aromatic N) is 3. The Balaban J connectivity index is 1.61. The molecule has 2 aromatic heterocycles. The lowest BCUT2D eigenvalue weighted by Crippen LogP contribution is -2.34. The average molecular weight is 415 g/mol. The second kappa shape index (κ2) is 9.10. The molecule has 158 valence electrons. The normalized spacial score (nSPS) is 12.1. The third-order valence-corrected chi connectivity index (χ3v) is 5.37. The predicted molar refractivity (Wildman–Crippen MR) is 121 cm³/mol. The van der Waals surface area contributed by atoms with E-state index in [1.54, 1.807) is 17.2 Å². The van der Waals surface area contributed by atoms with Crippen molar-refractivity contribution in [3.63, 3.8) is 0 Å². The minimum absolute atomic E-state index is 0.180. The fourth-order valence-corrected chi connectivity index (χ4v) is 3.63. The molecule has 0 spiro atoms. The lowest BCUT2D eigenvalue weighted by atomic mass is 10.0. The van der Waals surface area contributed by atoms with Gasteiger partial charge in [0.25, 0.3) is 5.91 Å². The summed E-state index contributed by atoms with van der Waals surface area (Å²) in [5, 5.41) is 10.9. The number of aliphatic hydroxyl groups is 1. The molecule has 4 aromatic rings. The number of carbonyl (C=O) groups is 1. The summed E-state index contributed by atoms with van der Waals surface area (Å²) in [6.07, 6.45) is 1.70. The van der Waals surface area contributed by atoms with Crippen LogP contribution in [0.4, 0.5) is 0 Å². The van der Waals surface area contributed by atoms with Gasteiger partial charge in [0, 0.05) is 12.7 Å². The molecular weight excluding hydrogens is 388 g/mol. The van der Waals surface area contributed by atoms with Gasteiger partial charge in [-0.05, 0) is 36.1 Å². The van der Waals surface area contributed by atoms with Crippen molar-refractivity contribution >= 4 is 17.1 Å². The van der Waals surface area contributed by atoms with Gasteiger partial charge in [-0.2, -0.15) is 0 Å². The van der Waals surface area contributed by atoms with E-state index < -0.39 is 6.10 Å². The fraction of sp³-hybridized carbons (Fsp3) is 0.240. The first-order chi connectivity index (χ1) is 15.0. The van der Waals surface area contributed by atoms with Crippen LogP contribution < -0.4 is 0 Å². The van der Waals surface area contributed by atoms with Crippen molar-refractivity contribution in [1.29, 1.82) is 0 Å². The second-order valence-electron chi connectivity index (χ2n) is 7.70. The molecule has 0 aliphatic heterocycles. The third-order valence-electron chi connectivity index (χ3n) is 5.37. The lowest BCUT2D eigenvalue weighted by Gasteiger charge is -2.26. The summed E-state index contributed by atoms with van der Waals surface area (Å²) >= 11 is 0. The third kappa shape index (κ3) is 4.81. The standard InChI is InChI=1S/C25H26N4O2/c1-3-18-9-11-20(12-10-18)23(30)16-29(15-19-7-5-4-6-8-19)25(31)21-13-22-24(26-14-21)28-17(2)27-22/h4-14,23,30H,3,15-16H2,1-2H3,(H,26,27,28). The monoisotopic (exact) mass is 414 g/mol. The first-order valence-electron chi connectivity index (χ1n) is 10.5. The zero-order valence-corrected chi connectivity index (χ0v) is 17.7. The molecule has 0 aliphatic carbocycles. The molecule has 0 aliphatic rings. The number of nitrogens with one attached hydrogen (secondary N) is 1. The number of rotatable bonds is 7. The number of benzene rings is 2. The summed E-state index contributed by atoms with van der Waals surface area (Å²) in [4.78, 5) is 26.8. The Labute approximate surface area is 181 Å². The Hall–Kier alpha value is -3.51. The quantitative estimate of drug-likeness (QED) is 0.475. The molecule has 1 unspecified atom stereocenters. The average Bonchev–Trinajstić information content (AvgIpc) is 3.18. The van der Waals surface area contributed by atoms with E-state index in [0.29, 0.717) is 17.8 Å². The molecule has 0 fully saturated rings. The van der Waals surface area contributed by atoms with E-state index in [4.69, 9.17) is 0 Å². The zero-order valence-electron chi connectivity index (χ0n) is 17.7. The number of imidazole rings is 1. The highest BCUT2D eigenvalue weighted by Crippen LogP contribution is 2.20. The summed E-state index contributed by atoms with van der Waals surface area (Å²) in [6, 6.07) is 19.4. The molecule has 4 rings (SSSR count). The highest BCUT2D eigenvalue weighted by Gasteiger charge is 2.21. The van der Waals surface area contributed by atoms with Gasteiger partial charge in [-0.15, -0.1) is 0 Å². The number of hydrogen-bond acceptors (Lipinski definition) is 4. The van der Waals surface area contributed by atoms with Crippen molar-refractivity contribution in [3.8, 4) is 0 Å². The number of carbonyl (C=O) groups excluding carboxylic acids is 1. The van der Waals surface area contributed by atoms with Crippen LogP contribution in [0, 0.1) is 6.92 Å². The molecule has 1 amide bonds. The number of pyridine rings is 1. The van der Waals surface area contributed by atoms with Gasteiger partial charge in [0.15, 0.2) is 5.65 Å². The molecule has 0 saturated carbocycles. The molecule has 2 aromatic carbocycles. The van der Waals surface area contributed by atoms with E-state index in [2.05, 4.69) is 21.9 Å². The Morgan fingerprint density at radius 2 is 1.84 bits per heavy atom. The minimum Gasteiger partial charge on any atom is -0.387 e. The maximum Gasteiger partial charge on any atom is 0.255 e. The van der Waals surface area contributed by atoms with Crippen LogP contribution in [0.1, 0.15) is 45.9 Å². The van der Waals surface area contributed by atoms with Crippen molar-refractivity contribution in [2.75, 3.05) is 6.54 Å².